The summed E-state index contributed by atoms with van der Waals surface area (Å²) in [6.07, 6.45) is 1.12. The van der Waals surface area contributed by atoms with Crippen LogP contribution in [0.25, 0.3) is 22.2 Å². The van der Waals surface area contributed by atoms with E-state index in [2.05, 4.69) is 28.0 Å². The van der Waals surface area contributed by atoms with Gasteiger partial charge in [0.1, 0.15) is 18.9 Å². The number of pyridine rings is 1. The minimum Gasteiger partial charge on any atom is -0.473 e. The van der Waals surface area contributed by atoms with Gasteiger partial charge in [0.2, 0.25) is 11.8 Å². The van der Waals surface area contributed by atoms with Crippen LogP contribution in [0.3, 0.4) is 0 Å². The maximum absolute atomic E-state index is 11.5. The summed E-state index contributed by atoms with van der Waals surface area (Å²) in [4.78, 5) is 22.4. The normalized spacial score (nSPS) is 17.3. The molecule has 1 atom stereocenters. The first-order valence-corrected chi connectivity index (χ1v) is 17.3. The quantitative estimate of drug-likeness (QED) is 0.183. The molecule has 2 aromatic heterocycles. The van der Waals surface area contributed by atoms with Crippen molar-refractivity contribution in [1.29, 1.82) is 0 Å². The SMILES string of the molecule is Cn1nc(-c2ccc(OCc3ccccc3)nc2OCc2ccccc2)c2cccc(N3CCC(CN4CCN(C(=O)O)CC4CO)CC3)c21. The number of aliphatic hydroxyl groups is 1. The third-order valence-electron chi connectivity index (χ3n) is 9.92. The van der Waals surface area contributed by atoms with Gasteiger partial charge in [-0.25, -0.2) is 4.79 Å². The number of aryl methyl sites for hydroxylation is 1. The Morgan fingerprint density at radius 2 is 1.54 bits per heavy atom. The van der Waals surface area contributed by atoms with Crippen molar-refractivity contribution in [3.63, 3.8) is 0 Å². The first-order valence-electron chi connectivity index (χ1n) is 17.3. The predicted octanol–water partition coefficient (Wildman–Crippen LogP) is 5.67. The summed E-state index contributed by atoms with van der Waals surface area (Å²) in [7, 11) is 1.99. The fraction of sp³-hybridized carbons (Fsp3) is 0.359. The zero-order chi connectivity index (χ0) is 34.5. The molecule has 7 rings (SSSR count). The van der Waals surface area contributed by atoms with Crippen molar-refractivity contribution in [3.05, 3.63) is 102 Å². The molecule has 0 radical (unpaired) electrons. The summed E-state index contributed by atoms with van der Waals surface area (Å²) < 4.78 is 14.4. The van der Waals surface area contributed by atoms with Crippen molar-refractivity contribution in [2.45, 2.75) is 32.1 Å². The standard InChI is InChI=1S/C39H44N6O5/c1-42-37-32(13-8-14-34(37)43-19-17-28(18-20-43)23-44-21-22-45(39(47)48)24-31(44)25-46)36(41-42)33-15-16-35(49-26-29-9-4-2-5-10-29)40-38(33)50-27-30-11-6-3-7-12-30/h2-16,28,31,46H,17-27H2,1H3,(H,47,48). The molecule has 2 fully saturated rings. The van der Waals surface area contributed by atoms with Gasteiger partial charge in [0, 0.05) is 57.8 Å². The lowest BCUT2D eigenvalue weighted by Gasteiger charge is -2.42. The van der Waals surface area contributed by atoms with E-state index in [1.165, 1.54) is 4.90 Å². The molecule has 0 spiro atoms. The molecule has 4 heterocycles. The fourth-order valence-electron chi connectivity index (χ4n) is 7.19. The van der Waals surface area contributed by atoms with Crippen molar-refractivity contribution in [2.75, 3.05) is 50.8 Å². The van der Waals surface area contributed by atoms with Crippen LogP contribution in [-0.4, -0.2) is 92.8 Å². The largest absolute Gasteiger partial charge is 0.473 e. The molecule has 11 nitrogen and oxygen atoms in total. The number of para-hydroxylation sites is 1. The first kappa shape index (κ1) is 33.4. The van der Waals surface area contributed by atoms with Gasteiger partial charge in [0.25, 0.3) is 0 Å². The second kappa shape index (κ2) is 15.2. The molecule has 3 aromatic carbocycles. The molecule has 260 valence electrons. The Balaban J connectivity index is 1.10. The highest BCUT2D eigenvalue weighted by Crippen LogP contribution is 2.39. The molecule has 2 N–H and O–H groups in total. The van der Waals surface area contributed by atoms with Crippen LogP contribution in [0, 0.1) is 5.92 Å². The highest BCUT2D eigenvalue weighted by molar-refractivity contribution is 6.01. The molecule has 0 bridgehead atoms. The van der Waals surface area contributed by atoms with Gasteiger partial charge in [-0.1, -0.05) is 72.8 Å². The van der Waals surface area contributed by atoms with Gasteiger partial charge in [0.15, 0.2) is 0 Å². The first-order chi connectivity index (χ1) is 24.5. The number of amides is 1. The fourth-order valence-corrected chi connectivity index (χ4v) is 7.19. The number of hydrogen-bond acceptors (Lipinski definition) is 8. The summed E-state index contributed by atoms with van der Waals surface area (Å²) in [5.74, 6) is 1.44. The van der Waals surface area contributed by atoms with E-state index in [1.807, 2.05) is 84.5 Å². The van der Waals surface area contributed by atoms with E-state index in [1.54, 1.807) is 0 Å². The van der Waals surface area contributed by atoms with Crippen LogP contribution in [-0.2, 0) is 20.3 Å². The van der Waals surface area contributed by atoms with Crippen LogP contribution in [0.15, 0.2) is 91.0 Å². The lowest BCUT2D eigenvalue weighted by atomic mass is 9.94. The lowest BCUT2D eigenvalue weighted by Crippen LogP contribution is -2.57. The van der Waals surface area contributed by atoms with Crippen LogP contribution in [0.2, 0.25) is 0 Å². The number of anilines is 1. The van der Waals surface area contributed by atoms with Crippen molar-refractivity contribution in [2.24, 2.45) is 13.0 Å². The second-order valence-electron chi connectivity index (χ2n) is 13.2. The van der Waals surface area contributed by atoms with Crippen molar-refractivity contribution >= 4 is 22.7 Å². The van der Waals surface area contributed by atoms with E-state index in [0.29, 0.717) is 50.5 Å². The zero-order valence-electron chi connectivity index (χ0n) is 28.4. The Kier molecular flexibility index (Phi) is 10.1. The van der Waals surface area contributed by atoms with E-state index in [4.69, 9.17) is 19.6 Å². The second-order valence-corrected chi connectivity index (χ2v) is 13.2. The molecule has 0 aliphatic carbocycles. The number of carboxylic acid groups (broad SMARTS) is 1. The summed E-state index contributed by atoms with van der Waals surface area (Å²) in [5, 5.41) is 25.4. The molecular formula is C39H44N6O5. The third-order valence-corrected chi connectivity index (χ3v) is 9.92. The monoisotopic (exact) mass is 676 g/mol. The van der Waals surface area contributed by atoms with Gasteiger partial charge in [-0.2, -0.15) is 10.1 Å². The number of carbonyl (C=O) groups is 1. The summed E-state index contributed by atoms with van der Waals surface area (Å²) in [6.45, 7) is 4.90. The van der Waals surface area contributed by atoms with Gasteiger partial charge >= 0.3 is 6.09 Å². The molecule has 2 aliphatic rings. The number of piperidine rings is 1. The van der Waals surface area contributed by atoms with Crippen LogP contribution in [0.5, 0.6) is 11.8 Å². The van der Waals surface area contributed by atoms with E-state index in [-0.39, 0.29) is 12.6 Å². The molecule has 1 amide bonds. The van der Waals surface area contributed by atoms with Gasteiger partial charge in [0.05, 0.1) is 29.4 Å². The smallest absolute Gasteiger partial charge is 0.407 e. The van der Waals surface area contributed by atoms with Gasteiger partial charge < -0.3 is 29.5 Å². The minimum atomic E-state index is -0.916. The molecule has 2 aliphatic heterocycles. The number of hydrogen-bond donors (Lipinski definition) is 2. The highest BCUT2D eigenvalue weighted by atomic mass is 16.5. The molecule has 0 saturated carbocycles. The van der Waals surface area contributed by atoms with Crippen LogP contribution in [0.4, 0.5) is 10.5 Å². The van der Waals surface area contributed by atoms with E-state index in [0.717, 1.165) is 71.5 Å². The van der Waals surface area contributed by atoms with Gasteiger partial charge in [-0.3, -0.25) is 9.58 Å². The molecule has 50 heavy (non-hydrogen) atoms. The minimum absolute atomic E-state index is 0.0363. The average molecular weight is 677 g/mol. The van der Waals surface area contributed by atoms with E-state index >= 15 is 0 Å². The summed E-state index contributed by atoms with van der Waals surface area (Å²) in [6, 6.07) is 30.2. The number of piperazine rings is 1. The highest BCUT2D eigenvalue weighted by Gasteiger charge is 2.32. The number of nitrogens with zero attached hydrogens (tertiary/aromatic N) is 6. The Morgan fingerprint density at radius 1 is 0.840 bits per heavy atom. The van der Waals surface area contributed by atoms with Gasteiger partial charge in [-0.05, 0) is 42.0 Å². The molecular weight excluding hydrogens is 632 g/mol. The van der Waals surface area contributed by atoms with Crippen LogP contribution >= 0.6 is 0 Å². The van der Waals surface area contributed by atoms with Gasteiger partial charge in [-0.15, -0.1) is 0 Å². The van der Waals surface area contributed by atoms with Crippen molar-refractivity contribution < 1.29 is 24.5 Å². The van der Waals surface area contributed by atoms with Crippen LogP contribution < -0.4 is 14.4 Å². The number of aromatic nitrogens is 3. The Hall–Kier alpha value is -5.13. The number of fused-ring (bicyclic) bond motifs is 1. The van der Waals surface area contributed by atoms with Crippen molar-refractivity contribution in [1.82, 2.24) is 24.6 Å². The number of benzene rings is 3. The Bertz CT molecular complexity index is 1890. The lowest BCUT2D eigenvalue weighted by molar-refractivity contribution is 0.0303. The molecule has 2 saturated heterocycles. The van der Waals surface area contributed by atoms with Crippen LogP contribution in [0.1, 0.15) is 24.0 Å². The van der Waals surface area contributed by atoms with E-state index in [9.17, 15) is 15.0 Å². The topological polar surface area (TPSA) is 116 Å². The molecule has 11 heteroatoms. The zero-order valence-corrected chi connectivity index (χ0v) is 28.4. The van der Waals surface area contributed by atoms with Crippen molar-refractivity contribution in [3.8, 4) is 23.0 Å². The predicted molar refractivity (Wildman–Crippen MR) is 192 cm³/mol. The maximum atomic E-state index is 11.5. The molecule has 1 unspecified atom stereocenters. The van der Waals surface area contributed by atoms with E-state index < -0.39 is 6.09 Å². The number of aliphatic hydroxyl groups excluding tert-OH is 1. The average Bonchev–Trinajstić information content (AvgIpc) is 3.50. The number of ether oxygens (including phenoxy) is 2. The maximum Gasteiger partial charge on any atom is 0.407 e. The Labute approximate surface area is 292 Å². The summed E-state index contributed by atoms with van der Waals surface area (Å²) >= 11 is 0. The Morgan fingerprint density at radius 3 is 2.22 bits per heavy atom. The number of rotatable bonds is 11. The summed E-state index contributed by atoms with van der Waals surface area (Å²) in [5.41, 5.74) is 5.92. The third kappa shape index (κ3) is 7.39. The molecule has 5 aromatic rings.